The third-order valence-corrected chi connectivity index (χ3v) is 4.10. The van der Waals surface area contributed by atoms with Crippen molar-refractivity contribution in [3.05, 3.63) is 51.2 Å². The number of thiophene rings is 1. The van der Waals surface area contributed by atoms with Gasteiger partial charge in [-0.15, -0.1) is 11.3 Å². The average molecular weight is 281 g/mol. The van der Waals surface area contributed by atoms with E-state index in [1.807, 2.05) is 13.0 Å². The predicted molar refractivity (Wildman–Crippen MR) is 80.5 cm³/mol. The van der Waals surface area contributed by atoms with Gasteiger partial charge in [0.05, 0.1) is 10.9 Å². The maximum atomic E-state index is 5.93. The standard InChI is InChI=1S/C14H17ClN2S/c1-10(16)11-3-5-12(6-4-11)17(2)9-13-7-8-14(15)18-13/h3-8,10H,9,16H2,1-2H3/t10-/m0/s1. The molecule has 1 aromatic carbocycles. The molecule has 0 aliphatic rings. The first-order chi connectivity index (χ1) is 8.56. The van der Waals surface area contributed by atoms with Gasteiger partial charge in [0.2, 0.25) is 0 Å². The molecule has 96 valence electrons. The Labute approximate surface area is 117 Å². The number of halogens is 1. The highest BCUT2D eigenvalue weighted by atomic mass is 35.5. The van der Waals surface area contributed by atoms with E-state index in [1.165, 1.54) is 10.6 Å². The first-order valence-electron chi connectivity index (χ1n) is 5.87. The third kappa shape index (κ3) is 3.25. The van der Waals surface area contributed by atoms with E-state index in [2.05, 4.69) is 42.3 Å². The minimum absolute atomic E-state index is 0.0838. The van der Waals surface area contributed by atoms with E-state index in [4.69, 9.17) is 17.3 Å². The lowest BCUT2D eigenvalue weighted by Gasteiger charge is -2.19. The molecule has 0 unspecified atom stereocenters. The van der Waals surface area contributed by atoms with Crippen LogP contribution in [0.4, 0.5) is 5.69 Å². The minimum Gasteiger partial charge on any atom is -0.369 e. The summed E-state index contributed by atoms with van der Waals surface area (Å²) in [6.45, 7) is 2.86. The van der Waals surface area contributed by atoms with E-state index < -0.39 is 0 Å². The highest BCUT2D eigenvalue weighted by molar-refractivity contribution is 7.16. The molecule has 1 atom stereocenters. The molecule has 0 fully saturated rings. The number of hydrogen-bond acceptors (Lipinski definition) is 3. The molecule has 0 spiro atoms. The SMILES string of the molecule is C[C@H](N)c1ccc(N(C)Cc2ccc(Cl)s2)cc1. The van der Waals surface area contributed by atoms with Gasteiger partial charge in [0, 0.05) is 23.7 Å². The Balaban J connectivity index is 2.06. The quantitative estimate of drug-likeness (QED) is 0.915. The largest absolute Gasteiger partial charge is 0.369 e. The lowest BCUT2D eigenvalue weighted by Crippen LogP contribution is -2.15. The Bertz CT molecular complexity index is 505. The highest BCUT2D eigenvalue weighted by Gasteiger charge is 2.05. The molecule has 0 saturated heterocycles. The number of nitrogens with two attached hydrogens (primary N) is 1. The van der Waals surface area contributed by atoms with Crippen LogP contribution in [0.1, 0.15) is 23.4 Å². The number of nitrogens with zero attached hydrogens (tertiary/aromatic N) is 1. The maximum Gasteiger partial charge on any atom is 0.0931 e. The summed E-state index contributed by atoms with van der Waals surface area (Å²) in [6, 6.07) is 12.5. The topological polar surface area (TPSA) is 29.3 Å². The fourth-order valence-electron chi connectivity index (χ4n) is 1.79. The van der Waals surface area contributed by atoms with Gasteiger partial charge in [0.25, 0.3) is 0 Å². The van der Waals surface area contributed by atoms with Gasteiger partial charge in [0.15, 0.2) is 0 Å². The van der Waals surface area contributed by atoms with Crippen LogP contribution in [0.5, 0.6) is 0 Å². The molecular formula is C14H17ClN2S. The lowest BCUT2D eigenvalue weighted by molar-refractivity contribution is 0.817. The summed E-state index contributed by atoms with van der Waals surface area (Å²) < 4.78 is 0.839. The molecule has 0 aliphatic carbocycles. The van der Waals surface area contributed by atoms with Crippen LogP contribution in [-0.4, -0.2) is 7.05 Å². The molecule has 0 amide bonds. The van der Waals surface area contributed by atoms with E-state index >= 15 is 0 Å². The Morgan fingerprint density at radius 3 is 2.39 bits per heavy atom. The van der Waals surface area contributed by atoms with Crippen LogP contribution in [0.2, 0.25) is 4.34 Å². The van der Waals surface area contributed by atoms with Gasteiger partial charge >= 0.3 is 0 Å². The van der Waals surface area contributed by atoms with Gasteiger partial charge in [-0.1, -0.05) is 23.7 Å². The molecule has 2 N–H and O–H groups in total. The second-order valence-corrected chi connectivity index (χ2v) is 6.24. The molecular weight excluding hydrogens is 264 g/mol. The zero-order valence-electron chi connectivity index (χ0n) is 10.6. The van der Waals surface area contributed by atoms with Crippen molar-refractivity contribution >= 4 is 28.6 Å². The molecule has 2 aromatic rings. The monoisotopic (exact) mass is 280 g/mol. The van der Waals surface area contributed by atoms with Crippen molar-refractivity contribution in [2.75, 3.05) is 11.9 Å². The molecule has 1 aromatic heterocycles. The van der Waals surface area contributed by atoms with Gasteiger partial charge in [-0.2, -0.15) is 0 Å². The van der Waals surface area contributed by atoms with Crippen LogP contribution >= 0.6 is 22.9 Å². The van der Waals surface area contributed by atoms with Crippen LogP contribution in [0.15, 0.2) is 36.4 Å². The fraction of sp³-hybridized carbons (Fsp3) is 0.286. The van der Waals surface area contributed by atoms with E-state index in [-0.39, 0.29) is 6.04 Å². The zero-order chi connectivity index (χ0) is 13.1. The van der Waals surface area contributed by atoms with E-state index in [0.717, 1.165) is 16.4 Å². The summed E-state index contributed by atoms with van der Waals surface area (Å²) >= 11 is 7.55. The molecule has 2 nitrogen and oxygen atoms in total. The molecule has 1 heterocycles. The van der Waals surface area contributed by atoms with Crippen molar-refractivity contribution < 1.29 is 0 Å². The molecule has 0 radical (unpaired) electrons. The molecule has 2 rings (SSSR count). The van der Waals surface area contributed by atoms with Gasteiger partial charge < -0.3 is 10.6 Å². The lowest BCUT2D eigenvalue weighted by atomic mass is 10.1. The normalized spacial score (nSPS) is 12.4. The summed E-state index contributed by atoms with van der Waals surface area (Å²) in [5.41, 5.74) is 8.18. The Kier molecular flexibility index (Phi) is 4.27. The van der Waals surface area contributed by atoms with Crippen molar-refractivity contribution in [1.29, 1.82) is 0 Å². The van der Waals surface area contributed by atoms with Crippen molar-refractivity contribution in [2.24, 2.45) is 5.73 Å². The molecule has 0 bridgehead atoms. The van der Waals surface area contributed by atoms with Crippen molar-refractivity contribution in [2.45, 2.75) is 19.5 Å². The Morgan fingerprint density at radius 1 is 1.22 bits per heavy atom. The smallest absolute Gasteiger partial charge is 0.0931 e. The van der Waals surface area contributed by atoms with Gasteiger partial charge in [-0.25, -0.2) is 0 Å². The summed E-state index contributed by atoms with van der Waals surface area (Å²) in [4.78, 5) is 3.46. The predicted octanol–water partition coefficient (Wildman–Crippen LogP) is 4.06. The second kappa shape index (κ2) is 5.74. The van der Waals surface area contributed by atoms with E-state index in [1.54, 1.807) is 11.3 Å². The van der Waals surface area contributed by atoms with Gasteiger partial charge in [0.1, 0.15) is 0 Å². The van der Waals surface area contributed by atoms with Gasteiger partial charge in [-0.3, -0.25) is 0 Å². The van der Waals surface area contributed by atoms with Crippen LogP contribution in [-0.2, 0) is 6.54 Å². The highest BCUT2D eigenvalue weighted by Crippen LogP contribution is 2.25. The summed E-state index contributed by atoms with van der Waals surface area (Å²) in [6.07, 6.45) is 0. The van der Waals surface area contributed by atoms with Gasteiger partial charge in [-0.05, 0) is 36.8 Å². The van der Waals surface area contributed by atoms with Crippen LogP contribution in [0, 0.1) is 0 Å². The number of hydrogen-bond donors (Lipinski definition) is 1. The van der Waals surface area contributed by atoms with Crippen molar-refractivity contribution in [3.63, 3.8) is 0 Å². The Hall–Kier alpha value is -1.03. The third-order valence-electron chi connectivity index (χ3n) is 2.88. The van der Waals surface area contributed by atoms with Crippen molar-refractivity contribution in [1.82, 2.24) is 0 Å². The van der Waals surface area contributed by atoms with Crippen LogP contribution in [0.25, 0.3) is 0 Å². The molecule has 18 heavy (non-hydrogen) atoms. The number of anilines is 1. The zero-order valence-corrected chi connectivity index (χ0v) is 12.1. The number of benzene rings is 1. The van der Waals surface area contributed by atoms with E-state index in [0.29, 0.717) is 0 Å². The van der Waals surface area contributed by atoms with Crippen LogP contribution < -0.4 is 10.6 Å². The molecule has 0 saturated carbocycles. The Morgan fingerprint density at radius 2 is 1.89 bits per heavy atom. The fourth-order valence-corrected chi connectivity index (χ4v) is 2.94. The number of rotatable bonds is 4. The minimum atomic E-state index is 0.0838. The molecule has 4 heteroatoms. The maximum absolute atomic E-state index is 5.93. The van der Waals surface area contributed by atoms with Crippen molar-refractivity contribution in [3.8, 4) is 0 Å². The molecule has 0 aliphatic heterocycles. The average Bonchev–Trinajstić information content (AvgIpc) is 2.75. The summed E-state index contributed by atoms with van der Waals surface area (Å²) in [5, 5.41) is 0. The summed E-state index contributed by atoms with van der Waals surface area (Å²) in [5.74, 6) is 0. The first-order valence-corrected chi connectivity index (χ1v) is 7.06. The second-order valence-electron chi connectivity index (χ2n) is 4.44. The summed E-state index contributed by atoms with van der Waals surface area (Å²) in [7, 11) is 2.08. The van der Waals surface area contributed by atoms with Crippen LogP contribution in [0.3, 0.4) is 0 Å². The van der Waals surface area contributed by atoms with E-state index in [9.17, 15) is 0 Å². The first kappa shape index (κ1) is 13.4.